The zero-order valence-corrected chi connectivity index (χ0v) is 14.3. The van der Waals surface area contributed by atoms with E-state index in [1.165, 1.54) is 28.7 Å². The second kappa shape index (κ2) is 6.93. The SMILES string of the molecule is Cc1ccc(-c2nnc(SCC(=O)Nc3nccs3)n2C)cc1. The van der Waals surface area contributed by atoms with Crippen LogP contribution in [0, 0.1) is 6.92 Å². The smallest absolute Gasteiger partial charge is 0.236 e. The lowest BCUT2D eigenvalue weighted by Gasteiger charge is -2.04. The zero-order chi connectivity index (χ0) is 16.2. The number of hydrogen-bond donors (Lipinski definition) is 1. The Kier molecular flexibility index (Phi) is 4.73. The lowest BCUT2D eigenvalue weighted by Crippen LogP contribution is -2.14. The molecule has 6 nitrogen and oxygen atoms in total. The van der Waals surface area contributed by atoms with Crippen LogP contribution in [0.2, 0.25) is 0 Å². The van der Waals surface area contributed by atoms with E-state index in [2.05, 4.69) is 20.5 Å². The van der Waals surface area contributed by atoms with E-state index in [0.29, 0.717) is 10.3 Å². The van der Waals surface area contributed by atoms with Crippen LogP contribution in [-0.4, -0.2) is 31.4 Å². The van der Waals surface area contributed by atoms with Crippen molar-refractivity contribution in [1.29, 1.82) is 0 Å². The Balaban J connectivity index is 1.65. The van der Waals surface area contributed by atoms with Crippen LogP contribution in [0.25, 0.3) is 11.4 Å². The fourth-order valence-electron chi connectivity index (χ4n) is 1.97. The average Bonchev–Trinajstić information content (AvgIpc) is 3.16. The number of nitrogens with zero attached hydrogens (tertiary/aromatic N) is 4. The molecule has 8 heteroatoms. The van der Waals surface area contributed by atoms with Crippen LogP contribution >= 0.6 is 23.1 Å². The third-order valence-corrected chi connectivity index (χ3v) is 4.86. The number of anilines is 1. The normalized spacial score (nSPS) is 10.7. The molecule has 2 heterocycles. The summed E-state index contributed by atoms with van der Waals surface area (Å²) in [5, 5.41) is 14.3. The number of carbonyl (C=O) groups is 1. The molecule has 1 amide bonds. The minimum Gasteiger partial charge on any atom is -0.305 e. The second-order valence-corrected chi connectivity index (χ2v) is 6.74. The summed E-state index contributed by atoms with van der Waals surface area (Å²) in [5.74, 6) is 0.942. The summed E-state index contributed by atoms with van der Waals surface area (Å²) >= 11 is 2.74. The maximum absolute atomic E-state index is 11.9. The van der Waals surface area contributed by atoms with Crippen molar-refractivity contribution >= 4 is 34.1 Å². The minimum absolute atomic E-state index is 0.107. The fraction of sp³-hybridized carbons (Fsp3) is 0.200. The van der Waals surface area contributed by atoms with E-state index in [4.69, 9.17) is 0 Å². The van der Waals surface area contributed by atoms with Gasteiger partial charge < -0.3 is 9.88 Å². The number of rotatable bonds is 5. The largest absolute Gasteiger partial charge is 0.305 e. The molecule has 0 aliphatic carbocycles. The summed E-state index contributed by atoms with van der Waals surface area (Å²) in [4.78, 5) is 15.9. The van der Waals surface area contributed by atoms with Crippen LogP contribution in [0.15, 0.2) is 41.0 Å². The number of hydrogen-bond acceptors (Lipinski definition) is 6. The lowest BCUT2D eigenvalue weighted by atomic mass is 10.1. The van der Waals surface area contributed by atoms with Gasteiger partial charge in [-0.3, -0.25) is 4.79 Å². The highest BCUT2D eigenvalue weighted by Gasteiger charge is 2.13. The molecule has 0 unspecified atom stereocenters. The minimum atomic E-state index is -0.107. The standard InChI is InChI=1S/C15H15N5OS2/c1-10-3-5-11(6-4-10)13-18-19-15(20(13)2)23-9-12(21)17-14-16-7-8-22-14/h3-8H,9H2,1-2H3,(H,16,17,21). The lowest BCUT2D eigenvalue weighted by molar-refractivity contribution is -0.113. The summed E-state index contributed by atoms with van der Waals surface area (Å²) in [7, 11) is 1.90. The number of carbonyl (C=O) groups excluding carboxylic acids is 1. The highest BCUT2D eigenvalue weighted by Crippen LogP contribution is 2.23. The van der Waals surface area contributed by atoms with Crippen molar-refractivity contribution in [2.75, 3.05) is 11.1 Å². The van der Waals surface area contributed by atoms with Crippen molar-refractivity contribution in [2.24, 2.45) is 7.05 Å². The van der Waals surface area contributed by atoms with Crippen LogP contribution in [0.5, 0.6) is 0 Å². The topological polar surface area (TPSA) is 72.7 Å². The highest BCUT2D eigenvalue weighted by atomic mass is 32.2. The first-order valence-electron chi connectivity index (χ1n) is 6.92. The molecular formula is C15H15N5OS2. The molecule has 0 saturated heterocycles. The maximum Gasteiger partial charge on any atom is 0.236 e. The predicted octanol–water partition coefficient (Wildman–Crippen LogP) is 2.98. The number of aromatic nitrogens is 4. The number of nitrogens with one attached hydrogen (secondary N) is 1. The summed E-state index contributed by atoms with van der Waals surface area (Å²) in [6.07, 6.45) is 1.66. The van der Waals surface area contributed by atoms with Gasteiger partial charge in [0.25, 0.3) is 0 Å². The van der Waals surface area contributed by atoms with Crippen LogP contribution in [0.1, 0.15) is 5.56 Å². The number of benzene rings is 1. The van der Waals surface area contributed by atoms with Gasteiger partial charge in [0.15, 0.2) is 16.1 Å². The molecule has 0 atom stereocenters. The van der Waals surface area contributed by atoms with Crippen molar-refractivity contribution in [3.8, 4) is 11.4 Å². The number of thioether (sulfide) groups is 1. The zero-order valence-electron chi connectivity index (χ0n) is 12.7. The quantitative estimate of drug-likeness (QED) is 0.720. The van der Waals surface area contributed by atoms with E-state index in [1.54, 1.807) is 6.20 Å². The average molecular weight is 345 g/mol. The van der Waals surface area contributed by atoms with Gasteiger partial charge in [0, 0.05) is 24.2 Å². The molecule has 118 valence electrons. The van der Waals surface area contributed by atoms with Crippen molar-refractivity contribution in [2.45, 2.75) is 12.1 Å². The van der Waals surface area contributed by atoms with Gasteiger partial charge in [0.05, 0.1) is 5.75 Å². The monoisotopic (exact) mass is 345 g/mol. The van der Waals surface area contributed by atoms with Gasteiger partial charge >= 0.3 is 0 Å². The molecule has 0 saturated carbocycles. The fourth-order valence-corrected chi connectivity index (χ4v) is 3.22. The molecule has 1 N–H and O–H groups in total. The number of aryl methyl sites for hydroxylation is 1. The molecule has 0 radical (unpaired) electrons. The predicted molar refractivity (Wildman–Crippen MR) is 92.6 cm³/mol. The molecule has 1 aromatic carbocycles. The third-order valence-electron chi connectivity index (χ3n) is 3.16. The molecule has 23 heavy (non-hydrogen) atoms. The van der Waals surface area contributed by atoms with Crippen LogP contribution in [-0.2, 0) is 11.8 Å². The van der Waals surface area contributed by atoms with Crippen molar-refractivity contribution < 1.29 is 4.79 Å². The van der Waals surface area contributed by atoms with Gasteiger partial charge in [-0.1, -0.05) is 41.6 Å². The molecule has 3 rings (SSSR count). The van der Waals surface area contributed by atoms with Gasteiger partial charge in [-0.05, 0) is 6.92 Å². The third kappa shape index (κ3) is 3.77. The van der Waals surface area contributed by atoms with Crippen molar-refractivity contribution in [1.82, 2.24) is 19.7 Å². The Hall–Kier alpha value is -2.19. The Morgan fingerprint density at radius 3 is 2.78 bits per heavy atom. The molecule has 0 bridgehead atoms. The van der Waals surface area contributed by atoms with Crippen molar-refractivity contribution in [3.63, 3.8) is 0 Å². The van der Waals surface area contributed by atoms with Crippen LogP contribution in [0.4, 0.5) is 5.13 Å². The molecule has 3 aromatic rings. The van der Waals surface area contributed by atoms with Gasteiger partial charge in [-0.2, -0.15) is 0 Å². The molecular weight excluding hydrogens is 330 g/mol. The van der Waals surface area contributed by atoms with Crippen molar-refractivity contribution in [3.05, 3.63) is 41.4 Å². The van der Waals surface area contributed by atoms with E-state index in [1.807, 2.05) is 48.2 Å². The van der Waals surface area contributed by atoms with E-state index >= 15 is 0 Å². The number of thiazole rings is 1. The van der Waals surface area contributed by atoms with Crippen LogP contribution in [0.3, 0.4) is 0 Å². The Bertz CT molecular complexity index is 796. The summed E-state index contributed by atoms with van der Waals surface area (Å²) in [6.45, 7) is 2.04. The first-order chi connectivity index (χ1) is 11.1. The molecule has 0 aliphatic rings. The van der Waals surface area contributed by atoms with Gasteiger partial charge in [-0.15, -0.1) is 21.5 Å². The maximum atomic E-state index is 11.9. The first kappa shape index (κ1) is 15.7. The highest BCUT2D eigenvalue weighted by molar-refractivity contribution is 7.99. The first-order valence-corrected chi connectivity index (χ1v) is 8.78. The van der Waals surface area contributed by atoms with E-state index in [9.17, 15) is 4.79 Å². The Labute approximate surface area is 142 Å². The van der Waals surface area contributed by atoms with Gasteiger partial charge in [0.2, 0.25) is 5.91 Å². The Morgan fingerprint density at radius 1 is 1.30 bits per heavy atom. The van der Waals surface area contributed by atoms with Gasteiger partial charge in [-0.25, -0.2) is 4.98 Å². The van der Waals surface area contributed by atoms with E-state index in [0.717, 1.165) is 11.4 Å². The number of amides is 1. The molecule has 0 aliphatic heterocycles. The summed E-state index contributed by atoms with van der Waals surface area (Å²) < 4.78 is 1.89. The molecule has 0 spiro atoms. The summed E-state index contributed by atoms with van der Waals surface area (Å²) in [5.41, 5.74) is 2.20. The molecule has 2 aromatic heterocycles. The van der Waals surface area contributed by atoms with E-state index < -0.39 is 0 Å². The summed E-state index contributed by atoms with van der Waals surface area (Å²) in [6, 6.07) is 8.11. The Morgan fingerprint density at radius 2 is 2.09 bits per heavy atom. The van der Waals surface area contributed by atoms with Gasteiger partial charge in [0.1, 0.15) is 0 Å². The second-order valence-electron chi connectivity index (χ2n) is 4.91. The van der Waals surface area contributed by atoms with Crippen LogP contribution < -0.4 is 5.32 Å². The molecule has 0 fully saturated rings. The van der Waals surface area contributed by atoms with E-state index in [-0.39, 0.29) is 11.7 Å².